The predicted octanol–water partition coefficient (Wildman–Crippen LogP) is 0.350. The molecule has 0 aromatic heterocycles. The highest BCUT2D eigenvalue weighted by atomic mass is 16.3. The molecule has 0 aliphatic rings. The van der Waals surface area contributed by atoms with Crippen LogP contribution in [0, 0.1) is 0 Å². The fourth-order valence-corrected chi connectivity index (χ4v) is 0. The van der Waals surface area contributed by atoms with Crippen LogP contribution in [0.2, 0.25) is 0 Å². The van der Waals surface area contributed by atoms with Gasteiger partial charge in [-0.15, -0.1) is 0 Å². The van der Waals surface area contributed by atoms with Gasteiger partial charge in [-0.3, -0.25) is 0 Å². The molecule has 0 aliphatic carbocycles. The Hall–Kier alpha value is -0.0800. The monoisotopic (exact) mass is 105 g/mol. The van der Waals surface area contributed by atoms with E-state index in [4.69, 9.17) is 10.8 Å². The molecule has 0 spiro atoms. The summed E-state index contributed by atoms with van der Waals surface area (Å²) in [7, 11) is 0. The molecule has 0 radical (unpaired) electrons. The standard InChI is InChI=1S/C4H11NO.CH4/c1-3(5)4(2)6;/h3-4,6H,5H2,1-2H3;1H4. The normalized spacial score (nSPS) is 17.1. The number of rotatable bonds is 1. The second kappa shape index (κ2) is 4.09. The largest absolute Gasteiger partial charge is 0.392 e. The smallest absolute Gasteiger partial charge is 0.0660 e. The molecule has 0 saturated heterocycles. The SMILES string of the molecule is C.CC(N)C(C)O. The van der Waals surface area contributed by atoms with Crippen molar-refractivity contribution in [2.24, 2.45) is 5.73 Å². The first-order chi connectivity index (χ1) is 2.64. The van der Waals surface area contributed by atoms with Gasteiger partial charge in [-0.2, -0.15) is 0 Å². The first-order valence-electron chi connectivity index (χ1n) is 2.08. The minimum absolute atomic E-state index is 0. The van der Waals surface area contributed by atoms with Crippen LogP contribution in [-0.4, -0.2) is 17.3 Å². The van der Waals surface area contributed by atoms with Crippen LogP contribution in [-0.2, 0) is 0 Å². The van der Waals surface area contributed by atoms with E-state index in [9.17, 15) is 0 Å². The Morgan fingerprint density at radius 3 is 1.57 bits per heavy atom. The molecule has 0 heterocycles. The van der Waals surface area contributed by atoms with Crippen molar-refractivity contribution in [2.75, 3.05) is 0 Å². The summed E-state index contributed by atoms with van der Waals surface area (Å²) < 4.78 is 0. The summed E-state index contributed by atoms with van der Waals surface area (Å²) in [5.74, 6) is 0. The third-order valence-electron chi connectivity index (χ3n) is 0.761. The molecule has 7 heavy (non-hydrogen) atoms. The van der Waals surface area contributed by atoms with Crippen LogP contribution in [0.25, 0.3) is 0 Å². The summed E-state index contributed by atoms with van der Waals surface area (Å²) in [4.78, 5) is 0. The Kier molecular flexibility index (Phi) is 5.85. The van der Waals surface area contributed by atoms with Gasteiger partial charge in [0.15, 0.2) is 0 Å². The second-order valence-corrected chi connectivity index (χ2v) is 1.60. The lowest BCUT2D eigenvalue weighted by Gasteiger charge is -2.04. The molecule has 46 valence electrons. The van der Waals surface area contributed by atoms with E-state index in [-0.39, 0.29) is 19.6 Å². The Labute approximate surface area is 45.3 Å². The first-order valence-corrected chi connectivity index (χ1v) is 2.08. The van der Waals surface area contributed by atoms with Crippen molar-refractivity contribution in [1.82, 2.24) is 0 Å². The highest BCUT2D eigenvalue weighted by Gasteiger charge is 1.97. The van der Waals surface area contributed by atoms with Gasteiger partial charge >= 0.3 is 0 Å². The molecule has 3 N–H and O–H groups in total. The van der Waals surface area contributed by atoms with Crippen LogP contribution in [0.15, 0.2) is 0 Å². The minimum Gasteiger partial charge on any atom is -0.392 e. The summed E-state index contributed by atoms with van der Waals surface area (Å²) in [6, 6.07) is -0.0926. The van der Waals surface area contributed by atoms with Gasteiger partial charge in [-0.1, -0.05) is 7.43 Å². The number of hydrogen-bond donors (Lipinski definition) is 2. The summed E-state index contributed by atoms with van der Waals surface area (Å²) in [5, 5.41) is 8.50. The quantitative estimate of drug-likeness (QED) is 0.505. The minimum atomic E-state index is -0.370. The Balaban J connectivity index is 0. The average molecular weight is 105 g/mol. The van der Waals surface area contributed by atoms with E-state index < -0.39 is 0 Å². The van der Waals surface area contributed by atoms with Gasteiger partial charge in [0.25, 0.3) is 0 Å². The van der Waals surface area contributed by atoms with Gasteiger partial charge in [0.2, 0.25) is 0 Å². The Morgan fingerprint density at radius 2 is 1.57 bits per heavy atom. The van der Waals surface area contributed by atoms with Gasteiger partial charge < -0.3 is 10.8 Å². The average Bonchev–Trinajstić information content (AvgIpc) is 1.36. The van der Waals surface area contributed by atoms with Gasteiger partial charge in [-0.05, 0) is 13.8 Å². The molecular formula is C5H15NO. The van der Waals surface area contributed by atoms with Gasteiger partial charge in [0.05, 0.1) is 6.10 Å². The lowest BCUT2D eigenvalue weighted by atomic mass is 10.2. The maximum absolute atomic E-state index is 8.50. The Morgan fingerprint density at radius 1 is 1.43 bits per heavy atom. The predicted molar refractivity (Wildman–Crippen MR) is 32.1 cm³/mol. The summed E-state index contributed by atoms with van der Waals surface area (Å²) >= 11 is 0. The van der Waals surface area contributed by atoms with Crippen LogP contribution < -0.4 is 5.73 Å². The molecule has 0 aliphatic heterocycles. The molecule has 2 nitrogen and oxygen atoms in total. The molecule has 0 bridgehead atoms. The zero-order valence-corrected chi connectivity index (χ0v) is 4.18. The fourth-order valence-electron chi connectivity index (χ4n) is 0. The topological polar surface area (TPSA) is 46.2 Å². The summed E-state index contributed by atoms with van der Waals surface area (Å²) in [5.41, 5.74) is 5.19. The molecular weight excluding hydrogens is 90.1 g/mol. The molecule has 0 aromatic carbocycles. The third-order valence-corrected chi connectivity index (χ3v) is 0.761. The van der Waals surface area contributed by atoms with Crippen molar-refractivity contribution in [3.05, 3.63) is 0 Å². The van der Waals surface area contributed by atoms with Crippen LogP contribution in [0.3, 0.4) is 0 Å². The maximum Gasteiger partial charge on any atom is 0.0660 e. The third kappa shape index (κ3) is 5.92. The van der Waals surface area contributed by atoms with Crippen molar-refractivity contribution >= 4 is 0 Å². The van der Waals surface area contributed by atoms with Gasteiger partial charge in [0, 0.05) is 6.04 Å². The van der Waals surface area contributed by atoms with Crippen molar-refractivity contribution in [1.29, 1.82) is 0 Å². The van der Waals surface area contributed by atoms with Crippen LogP contribution in [0.4, 0.5) is 0 Å². The molecule has 0 aromatic rings. The number of hydrogen-bond acceptors (Lipinski definition) is 2. The van der Waals surface area contributed by atoms with Gasteiger partial charge in [0.1, 0.15) is 0 Å². The molecule has 2 atom stereocenters. The van der Waals surface area contributed by atoms with Gasteiger partial charge in [-0.25, -0.2) is 0 Å². The molecule has 2 unspecified atom stereocenters. The number of aliphatic hydroxyl groups excluding tert-OH is 1. The van der Waals surface area contributed by atoms with E-state index in [0.717, 1.165) is 0 Å². The van der Waals surface area contributed by atoms with E-state index in [1.165, 1.54) is 0 Å². The molecule has 0 rings (SSSR count). The maximum atomic E-state index is 8.50. The zero-order chi connectivity index (χ0) is 5.15. The fraction of sp³-hybridized carbons (Fsp3) is 1.00. The summed E-state index contributed by atoms with van der Waals surface area (Å²) in [6.07, 6.45) is -0.370. The van der Waals surface area contributed by atoms with E-state index >= 15 is 0 Å². The lowest BCUT2D eigenvalue weighted by Crippen LogP contribution is -2.28. The van der Waals surface area contributed by atoms with Crippen LogP contribution >= 0.6 is 0 Å². The Bertz CT molecular complexity index is 29.1. The zero-order valence-electron chi connectivity index (χ0n) is 4.18. The first kappa shape index (κ1) is 10.0. The highest BCUT2D eigenvalue weighted by molar-refractivity contribution is 4.57. The lowest BCUT2D eigenvalue weighted by molar-refractivity contribution is 0.170. The van der Waals surface area contributed by atoms with Crippen molar-refractivity contribution in [3.63, 3.8) is 0 Å². The van der Waals surface area contributed by atoms with Crippen LogP contribution in [0.5, 0.6) is 0 Å². The molecule has 0 amide bonds. The number of aliphatic hydroxyl groups is 1. The molecule has 0 fully saturated rings. The van der Waals surface area contributed by atoms with Crippen LogP contribution in [0.1, 0.15) is 21.3 Å². The van der Waals surface area contributed by atoms with Crippen molar-refractivity contribution in [2.45, 2.75) is 33.4 Å². The molecule has 2 heteroatoms. The van der Waals surface area contributed by atoms with E-state index in [0.29, 0.717) is 0 Å². The van der Waals surface area contributed by atoms with E-state index in [1.54, 1.807) is 13.8 Å². The van der Waals surface area contributed by atoms with E-state index in [1.807, 2.05) is 0 Å². The van der Waals surface area contributed by atoms with E-state index in [2.05, 4.69) is 0 Å². The summed E-state index contributed by atoms with van der Waals surface area (Å²) in [6.45, 7) is 3.44. The van der Waals surface area contributed by atoms with Crippen molar-refractivity contribution < 1.29 is 5.11 Å². The second-order valence-electron chi connectivity index (χ2n) is 1.60. The highest BCUT2D eigenvalue weighted by Crippen LogP contribution is 1.81. The molecule has 0 saturated carbocycles. The van der Waals surface area contributed by atoms with Crippen molar-refractivity contribution in [3.8, 4) is 0 Å². The number of nitrogens with two attached hydrogens (primary N) is 1.